The molecule has 0 aromatic heterocycles. The summed E-state index contributed by atoms with van der Waals surface area (Å²) in [6, 6.07) is 0. The van der Waals surface area contributed by atoms with Gasteiger partial charge in [0.25, 0.3) is 0 Å². The smallest absolute Gasteiger partial charge is 0.120 e. The fourth-order valence-electron chi connectivity index (χ4n) is 0.401. The minimum Gasteiger partial charge on any atom is -0.303 e. The molecule has 0 unspecified atom stereocenters. The molecule has 0 aliphatic rings. The minimum atomic E-state index is 0.671. The molecule has 0 rings (SSSR count). The van der Waals surface area contributed by atoms with Crippen LogP contribution in [0.15, 0.2) is 0 Å². The van der Waals surface area contributed by atoms with Crippen LogP contribution in [0.1, 0.15) is 26.7 Å². The van der Waals surface area contributed by atoms with Crippen molar-refractivity contribution in [3.8, 4) is 0 Å². The van der Waals surface area contributed by atoms with Crippen LogP contribution < -0.4 is 0 Å². The van der Waals surface area contributed by atoms with Gasteiger partial charge < -0.3 is 4.79 Å². The summed E-state index contributed by atoms with van der Waals surface area (Å²) in [5.74, 6) is 0.671. The van der Waals surface area contributed by atoms with E-state index in [4.69, 9.17) is 0 Å². The maximum atomic E-state index is 9.71. The molecule has 0 aromatic rings. The number of carbonyl (C=O) groups excluding carboxylic acids is 1. The summed E-state index contributed by atoms with van der Waals surface area (Å²) < 4.78 is 0. The molecule has 0 bridgehead atoms. The Morgan fingerprint density at radius 3 is 1.82 bits per heavy atom. The van der Waals surface area contributed by atoms with Crippen molar-refractivity contribution in [1.82, 2.24) is 0 Å². The molecule has 3 heteroatoms. The van der Waals surface area contributed by atoms with E-state index in [0.29, 0.717) is 5.92 Å². The number of hydrogen-bond donors (Lipinski definition) is 0. The Hall–Kier alpha value is -0.410. The summed E-state index contributed by atoms with van der Waals surface area (Å²) in [6.07, 6.45) is 2.72. The zero-order valence-electron chi connectivity index (χ0n) is 7.79. The lowest BCUT2D eigenvalue weighted by Crippen LogP contribution is -1.85. The monoisotopic (exact) mass is 162 g/mol. The van der Waals surface area contributed by atoms with Crippen LogP contribution in [-0.4, -0.2) is 20.5 Å². The highest BCUT2D eigenvalue weighted by molar-refractivity contribution is 5.48. The lowest BCUT2D eigenvalue weighted by Gasteiger charge is -1.95. The van der Waals surface area contributed by atoms with E-state index >= 15 is 0 Å². The summed E-state index contributed by atoms with van der Waals surface area (Å²) in [7, 11) is 2.92. The number of carbonyl (C=O) groups is 1. The molecule has 0 amide bonds. The Bertz CT molecular complexity index is 69.7. The number of rotatable bonds is 4. The lowest BCUT2D eigenvalue weighted by atomic mass is 10.1. The van der Waals surface area contributed by atoms with Gasteiger partial charge in [0.05, 0.1) is 14.2 Å². The van der Waals surface area contributed by atoms with E-state index in [1.165, 1.54) is 14.2 Å². The first kappa shape index (κ1) is 13.2. The molecule has 68 valence electrons. The maximum Gasteiger partial charge on any atom is 0.120 e. The molecule has 0 heterocycles. The first-order chi connectivity index (χ1) is 5.18. The molecule has 0 aliphatic heterocycles. The summed E-state index contributed by atoms with van der Waals surface area (Å²) in [5, 5.41) is 0. The summed E-state index contributed by atoms with van der Waals surface area (Å²) in [4.78, 5) is 17.8. The molecule has 0 saturated heterocycles. The molecule has 0 radical (unpaired) electrons. The van der Waals surface area contributed by atoms with Gasteiger partial charge in [-0.3, -0.25) is 0 Å². The molecular formula is C8H18O3. The van der Waals surface area contributed by atoms with Crippen LogP contribution in [0.3, 0.4) is 0 Å². The standard InChI is InChI=1S/C6H12O.C2H6O2/c1-6(2)4-3-5-7;1-3-4-2/h5-6H,3-4H2,1-2H3;1-2H3. The van der Waals surface area contributed by atoms with E-state index in [1.807, 2.05) is 0 Å². The van der Waals surface area contributed by atoms with E-state index in [0.717, 1.165) is 19.1 Å². The zero-order chi connectivity index (χ0) is 9.11. The van der Waals surface area contributed by atoms with Crippen molar-refractivity contribution in [2.24, 2.45) is 5.92 Å². The van der Waals surface area contributed by atoms with Crippen molar-refractivity contribution in [2.75, 3.05) is 14.2 Å². The lowest BCUT2D eigenvalue weighted by molar-refractivity contribution is -0.248. The molecule has 0 aromatic carbocycles. The van der Waals surface area contributed by atoms with Gasteiger partial charge in [0.2, 0.25) is 0 Å². The van der Waals surface area contributed by atoms with Crippen molar-refractivity contribution < 1.29 is 14.6 Å². The SMILES string of the molecule is CC(C)CCC=O.COOC. The van der Waals surface area contributed by atoms with Gasteiger partial charge in [-0.25, -0.2) is 9.78 Å². The highest BCUT2D eigenvalue weighted by Gasteiger charge is 1.88. The van der Waals surface area contributed by atoms with Gasteiger partial charge in [-0.05, 0) is 12.3 Å². The maximum absolute atomic E-state index is 9.71. The average molecular weight is 162 g/mol. The molecule has 0 spiro atoms. The second kappa shape index (κ2) is 12.3. The predicted molar refractivity (Wildman–Crippen MR) is 44.2 cm³/mol. The van der Waals surface area contributed by atoms with Gasteiger partial charge in [0.1, 0.15) is 6.29 Å². The van der Waals surface area contributed by atoms with Crippen molar-refractivity contribution in [1.29, 1.82) is 0 Å². The third kappa shape index (κ3) is 26.2. The van der Waals surface area contributed by atoms with Crippen LogP contribution in [0.25, 0.3) is 0 Å². The van der Waals surface area contributed by atoms with Gasteiger partial charge in [-0.15, -0.1) is 0 Å². The fraction of sp³-hybridized carbons (Fsp3) is 0.875. The Morgan fingerprint density at radius 1 is 1.27 bits per heavy atom. The molecular weight excluding hydrogens is 144 g/mol. The largest absolute Gasteiger partial charge is 0.303 e. The molecule has 11 heavy (non-hydrogen) atoms. The first-order valence-corrected chi connectivity index (χ1v) is 3.69. The van der Waals surface area contributed by atoms with Gasteiger partial charge >= 0.3 is 0 Å². The first-order valence-electron chi connectivity index (χ1n) is 3.69. The van der Waals surface area contributed by atoms with Crippen LogP contribution in [0.4, 0.5) is 0 Å². The molecule has 0 aliphatic carbocycles. The topological polar surface area (TPSA) is 35.5 Å². The Kier molecular flexibility index (Phi) is 14.7. The van der Waals surface area contributed by atoms with Crippen molar-refractivity contribution in [2.45, 2.75) is 26.7 Å². The normalized spacial score (nSPS) is 8.82. The van der Waals surface area contributed by atoms with E-state index in [1.54, 1.807) is 0 Å². The zero-order valence-corrected chi connectivity index (χ0v) is 7.79. The highest BCUT2D eigenvalue weighted by atomic mass is 17.2. The van der Waals surface area contributed by atoms with Gasteiger partial charge in [-0.1, -0.05) is 13.8 Å². The number of aldehydes is 1. The minimum absolute atomic E-state index is 0.671. The van der Waals surface area contributed by atoms with Crippen LogP contribution >= 0.6 is 0 Å². The van der Waals surface area contributed by atoms with Crippen molar-refractivity contribution in [3.05, 3.63) is 0 Å². The van der Waals surface area contributed by atoms with Gasteiger partial charge in [0.15, 0.2) is 0 Å². The van der Waals surface area contributed by atoms with E-state index in [9.17, 15) is 4.79 Å². The second-order valence-corrected chi connectivity index (χ2v) is 2.47. The quantitative estimate of drug-likeness (QED) is 0.359. The third-order valence-corrected chi connectivity index (χ3v) is 1.03. The average Bonchev–Trinajstić information content (AvgIpc) is 2.01. The molecule has 0 N–H and O–H groups in total. The second-order valence-electron chi connectivity index (χ2n) is 2.47. The summed E-state index contributed by atoms with van der Waals surface area (Å²) in [5.41, 5.74) is 0. The van der Waals surface area contributed by atoms with Crippen LogP contribution in [0.2, 0.25) is 0 Å². The third-order valence-electron chi connectivity index (χ3n) is 1.03. The number of hydrogen-bond acceptors (Lipinski definition) is 3. The predicted octanol–water partition coefficient (Wildman–Crippen LogP) is 1.82. The van der Waals surface area contributed by atoms with Crippen LogP contribution in [0, 0.1) is 5.92 Å². The van der Waals surface area contributed by atoms with Gasteiger partial charge in [0, 0.05) is 6.42 Å². The van der Waals surface area contributed by atoms with Crippen molar-refractivity contribution in [3.63, 3.8) is 0 Å². The van der Waals surface area contributed by atoms with Crippen LogP contribution in [-0.2, 0) is 14.6 Å². The van der Waals surface area contributed by atoms with E-state index < -0.39 is 0 Å². The van der Waals surface area contributed by atoms with E-state index in [-0.39, 0.29) is 0 Å². The Morgan fingerprint density at radius 2 is 1.73 bits per heavy atom. The Labute approximate surface area is 68.6 Å². The summed E-state index contributed by atoms with van der Waals surface area (Å²) in [6.45, 7) is 4.23. The van der Waals surface area contributed by atoms with E-state index in [2.05, 4.69) is 23.6 Å². The fourth-order valence-corrected chi connectivity index (χ4v) is 0.401. The summed E-state index contributed by atoms with van der Waals surface area (Å²) >= 11 is 0. The molecule has 0 fully saturated rings. The molecule has 0 atom stereocenters. The molecule has 3 nitrogen and oxygen atoms in total. The van der Waals surface area contributed by atoms with Gasteiger partial charge in [-0.2, -0.15) is 0 Å². The molecule has 0 saturated carbocycles. The van der Waals surface area contributed by atoms with Crippen molar-refractivity contribution >= 4 is 6.29 Å². The highest BCUT2D eigenvalue weighted by Crippen LogP contribution is 1.99. The Balaban J connectivity index is 0. The van der Waals surface area contributed by atoms with Crippen LogP contribution in [0.5, 0.6) is 0 Å².